The molecule has 0 radical (unpaired) electrons. The van der Waals surface area contributed by atoms with Crippen LogP contribution in [0, 0.1) is 5.82 Å². The predicted octanol–water partition coefficient (Wildman–Crippen LogP) is 3.85. The zero-order valence-electron chi connectivity index (χ0n) is 14.3. The van der Waals surface area contributed by atoms with Crippen LogP contribution >= 0.6 is 0 Å². The van der Waals surface area contributed by atoms with Crippen LogP contribution in [0.25, 0.3) is 10.9 Å². The molecule has 0 saturated carbocycles. The molecule has 1 unspecified atom stereocenters. The standard InChI is InChI=1S/C19H14F4N4O/c20-12-2-4-16-15(8-12)17(25-9-24-16)26-14-5-10-1-3-13(6-11(10)7-14)27-18(28)19(21,22)23/h1-4,6,8-9,14H,5,7H2,(H,27,28)(H,24,25,26). The van der Waals surface area contributed by atoms with Gasteiger partial charge in [-0.15, -0.1) is 0 Å². The molecule has 1 heterocycles. The quantitative estimate of drug-likeness (QED) is 0.667. The summed E-state index contributed by atoms with van der Waals surface area (Å²) in [5, 5.41) is 5.67. The number of aromatic nitrogens is 2. The van der Waals surface area contributed by atoms with E-state index < -0.39 is 17.9 Å². The van der Waals surface area contributed by atoms with Crippen molar-refractivity contribution in [3.63, 3.8) is 0 Å². The highest BCUT2D eigenvalue weighted by atomic mass is 19.4. The molecule has 1 atom stereocenters. The average molecular weight is 390 g/mol. The Hall–Kier alpha value is -3.23. The Morgan fingerprint density at radius 3 is 2.61 bits per heavy atom. The third-order valence-corrected chi connectivity index (χ3v) is 4.59. The number of hydrogen-bond donors (Lipinski definition) is 2. The number of nitrogens with one attached hydrogen (secondary N) is 2. The number of hydrogen-bond acceptors (Lipinski definition) is 4. The Morgan fingerprint density at radius 1 is 1.04 bits per heavy atom. The fraction of sp³-hybridized carbons (Fsp3) is 0.211. The molecule has 0 spiro atoms. The number of nitrogens with zero attached hydrogens (tertiary/aromatic N) is 2. The van der Waals surface area contributed by atoms with Crippen LogP contribution in [0.3, 0.4) is 0 Å². The number of halogens is 4. The highest BCUT2D eigenvalue weighted by Crippen LogP contribution is 2.29. The second kappa shape index (κ2) is 6.74. The van der Waals surface area contributed by atoms with Crippen molar-refractivity contribution in [3.8, 4) is 0 Å². The maximum Gasteiger partial charge on any atom is 0.471 e. The van der Waals surface area contributed by atoms with Gasteiger partial charge in [0.25, 0.3) is 0 Å². The zero-order chi connectivity index (χ0) is 19.9. The van der Waals surface area contributed by atoms with Gasteiger partial charge in [-0.3, -0.25) is 4.79 Å². The van der Waals surface area contributed by atoms with Crippen molar-refractivity contribution in [1.82, 2.24) is 9.97 Å². The van der Waals surface area contributed by atoms with E-state index in [9.17, 15) is 22.4 Å². The summed E-state index contributed by atoms with van der Waals surface area (Å²) in [6.45, 7) is 0. The molecule has 1 aliphatic rings. The summed E-state index contributed by atoms with van der Waals surface area (Å²) >= 11 is 0. The summed E-state index contributed by atoms with van der Waals surface area (Å²) in [7, 11) is 0. The highest BCUT2D eigenvalue weighted by molar-refractivity contribution is 5.95. The van der Waals surface area contributed by atoms with E-state index in [1.54, 1.807) is 18.2 Å². The number of anilines is 2. The molecule has 1 aliphatic carbocycles. The smallest absolute Gasteiger partial charge is 0.366 e. The predicted molar refractivity (Wildman–Crippen MR) is 95.4 cm³/mol. The third-order valence-electron chi connectivity index (χ3n) is 4.59. The SMILES string of the molecule is O=C(Nc1ccc2c(c1)CC(Nc1ncnc3ccc(F)cc13)C2)C(F)(F)F. The van der Waals surface area contributed by atoms with Crippen molar-refractivity contribution in [1.29, 1.82) is 0 Å². The van der Waals surface area contributed by atoms with Crippen LogP contribution in [0.4, 0.5) is 29.1 Å². The van der Waals surface area contributed by atoms with Gasteiger partial charge >= 0.3 is 12.1 Å². The molecule has 0 bridgehead atoms. The van der Waals surface area contributed by atoms with Crippen LogP contribution in [0.2, 0.25) is 0 Å². The molecule has 0 aliphatic heterocycles. The molecule has 0 fully saturated rings. The van der Waals surface area contributed by atoms with Gasteiger partial charge in [0.2, 0.25) is 0 Å². The third kappa shape index (κ3) is 3.60. The van der Waals surface area contributed by atoms with Crippen molar-refractivity contribution in [3.05, 3.63) is 59.7 Å². The van der Waals surface area contributed by atoms with Crippen molar-refractivity contribution in [2.45, 2.75) is 25.1 Å². The summed E-state index contributed by atoms with van der Waals surface area (Å²) in [5.41, 5.74) is 2.50. The number of benzene rings is 2. The van der Waals surface area contributed by atoms with Gasteiger partial charge in [-0.1, -0.05) is 6.07 Å². The van der Waals surface area contributed by atoms with E-state index in [1.807, 2.05) is 5.32 Å². The molecule has 2 N–H and O–H groups in total. The minimum absolute atomic E-state index is 0.0649. The van der Waals surface area contributed by atoms with Crippen LogP contribution in [0.5, 0.6) is 0 Å². The Morgan fingerprint density at radius 2 is 1.82 bits per heavy atom. The number of amides is 1. The summed E-state index contributed by atoms with van der Waals surface area (Å²) in [5.74, 6) is -1.91. The second-order valence-electron chi connectivity index (χ2n) is 6.57. The van der Waals surface area contributed by atoms with Gasteiger partial charge in [0, 0.05) is 17.1 Å². The Labute approximate surface area is 156 Å². The van der Waals surface area contributed by atoms with E-state index in [0.717, 1.165) is 11.1 Å². The van der Waals surface area contributed by atoms with Gasteiger partial charge in [0.05, 0.1) is 5.52 Å². The lowest BCUT2D eigenvalue weighted by molar-refractivity contribution is -0.167. The van der Waals surface area contributed by atoms with E-state index in [1.165, 1.54) is 24.5 Å². The van der Waals surface area contributed by atoms with Gasteiger partial charge in [0.1, 0.15) is 18.0 Å². The van der Waals surface area contributed by atoms with Crippen molar-refractivity contribution in [2.75, 3.05) is 10.6 Å². The van der Waals surface area contributed by atoms with Gasteiger partial charge in [0.15, 0.2) is 0 Å². The largest absolute Gasteiger partial charge is 0.471 e. The van der Waals surface area contributed by atoms with Crippen LogP contribution in [-0.4, -0.2) is 28.1 Å². The Bertz CT molecular complexity index is 1070. The summed E-state index contributed by atoms with van der Waals surface area (Å²) in [4.78, 5) is 19.4. The molecule has 4 rings (SSSR count). The lowest BCUT2D eigenvalue weighted by atomic mass is 10.1. The van der Waals surface area contributed by atoms with Crippen LogP contribution in [0.15, 0.2) is 42.7 Å². The van der Waals surface area contributed by atoms with Gasteiger partial charge in [-0.05, 0) is 54.3 Å². The molecular formula is C19H14F4N4O. The van der Waals surface area contributed by atoms with Crippen LogP contribution in [0.1, 0.15) is 11.1 Å². The first-order valence-electron chi connectivity index (χ1n) is 8.46. The maximum atomic E-state index is 13.6. The molecule has 144 valence electrons. The minimum atomic E-state index is -4.94. The van der Waals surface area contributed by atoms with E-state index in [2.05, 4.69) is 15.3 Å². The topological polar surface area (TPSA) is 66.9 Å². The summed E-state index contributed by atoms with van der Waals surface area (Å²) < 4.78 is 50.8. The molecule has 9 heteroatoms. The molecule has 28 heavy (non-hydrogen) atoms. The molecule has 2 aromatic carbocycles. The summed E-state index contributed by atoms with van der Waals surface area (Å²) in [6, 6.07) is 8.85. The fourth-order valence-electron chi connectivity index (χ4n) is 3.34. The fourth-order valence-corrected chi connectivity index (χ4v) is 3.34. The van der Waals surface area contributed by atoms with Crippen molar-refractivity contribution >= 4 is 28.3 Å². The molecule has 5 nitrogen and oxygen atoms in total. The van der Waals surface area contributed by atoms with E-state index in [-0.39, 0.29) is 11.7 Å². The van der Waals surface area contributed by atoms with Crippen LogP contribution < -0.4 is 10.6 Å². The number of rotatable bonds is 3. The van der Waals surface area contributed by atoms with Gasteiger partial charge in [-0.25, -0.2) is 14.4 Å². The second-order valence-corrected chi connectivity index (χ2v) is 6.57. The Balaban J connectivity index is 1.52. The number of carbonyl (C=O) groups is 1. The lowest BCUT2D eigenvalue weighted by Crippen LogP contribution is -2.29. The van der Waals surface area contributed by atoms with E-state index in [4.69, 9.17) is 0 Å². The molecule has 1 amide bonds. The van der Waals surface area contributed by atoms with E-state index >= 15 is 0 Å². The highest BCUT2D eigenvalue weighted by Gasteiger charge is 2.38. The maximum absolute atomic E-state index is 13.6. The van der Waals surface area contributed by atoms with Crippen LogP contribution in [-0.2, 0) is 17.6 Å². The van der Waals surface area contributed by atoms with Crippen molar-refractivity contribution in [2.24, 2.45) is 0 Å². The zero-order valence-corrected chi connectivity index (χ0v) is 14.3. The first-order chi connectivity index (χ1) is 13.3. The number of carbonyl (C=O) groups excluding carboxylic acids is 1. The molecule has 1 aromatic heterocycles. The number of fused-ring (bicyclic) bond motifs is 2. The first-order valence-corrected chi connectivity index (χ1v) is 8.46. The normalized spacial score (nSPS) is 16.1. The first kappa shape index (κ1) is 18.1. The lowest BCUT2D eigenvalue weighted by Gasteiger charge is -2.14. The molecule has 0 saturated heterocycles. The average Bonchev–Trinajstić information content (AvgIpc) is 3.03. The number of alkyl halides is 3. The van der Waals surface area contributed by atoms with Gasteiger partial charge < -0.3 is 10.6 Å². The Kier molecular flexibility index (Phi) is 4.37. The minimum Gasteiger partial charge on any atom is -0.366 e. The van der Waals surface area contributed by atoms with Crippen molar-refractivity contribution < 1.29 is 22.4 Å². The molecule has 3 aromatic rings. The summed E-state index contributed by atoms with van der Waals surface area (Å²) in [6.07, 6.45) is -2.39. The monoisotopic (exact) mass is 390 g/mol. The van der Waals surface area contributed by atoms with E-state index in [0.29, 0.717) is 29.6 Å². The van der Waals surface area contributed by atoms with Gasteiger partial charge in [-0.2, -0.15) is 13.2 Å². The molecular weight excluding hydrogens is 376 g/mol.